The van der Waals surface area contributed by atoms with E-state index in [2.05, 4.69) is 0 Å². The van der Waals surface area contributed by atoms with Crippen LogP contribution in [0, 0.1) is 0 Å². The van der Waals surface area contributed by atoms with Crippen LogP contribution in [0.1, 0.15) is 17.5 Å². The van der Waals surface area contributed by atoms with Gasteiger partial charge in [0.2, 0.25) is 0 Å². The number of allylic oxidation sites excluding steroid dienone is 2. The van der Waals surface area contributed by atoms with E-state index in [0.29, 0.717) is 49.3 Å². The Balaban J connectivity index is 0.00000578. The van der Waals surface area contributed by atoms with Crippen LogP contribution < -0.4 is 30.4 Å². The van der Waals surface area contributed by atoms with Gasteiger partial charge in [0.25, 0.3) is 0 Å². The van der Waals surface area contributed by atoms with Crippen LogP contribution in [0.2, 0.25) is 0 Å². The van der Waals surface area contributed by atoms with Gasteiger partial charge in [-0.05, 0) is 47.5 Å². The summed E-state index contributed by atoms with van der Waals surface area (Å²) in [5, 5.41) is 0. The SMILES string of the molecule is COc1cc(/C=C/C(=O)CC(=O)/C=C/c2ccc(OCCN)c(OC)c2)ccc1OCCN.Cl.[Zn]. The van der Waals surface area contributed by atoms with Crippen molar-refractivity contribution in [2.75, 3.05) is 40.5 Å². The minimum Gasteiger partial charge on any atom is -0.493 e. The van der Waals surface area contributed by atoms with Gasteiger partial charge in [-0.1, -0.05) is 24.3 Å². The molecule has 4 N–H and O–H groups in total. The van der Waals surface area contributed by atoms with Crippen molar-refractivity contribution >= 4 is 36.1 Å². The van der Waals surface area contributed by atoms with Crippen molar-refractivity contribution < 1.29 is 48.0 Å². The van der Waals surface area contributed by atoms with Gasteiger partial charge in [-0.3, -0.25) is 9.59 Å². The van der Waals surface area contributed by atoms with E-state index in [1.165, 1.54) is 26.4 Å². The standard InChI is InChI=1S/C25H30N2O6.ClH.Zn/c1-30-24-15-18(5-9-22(24)32-13-11-26)3-7-20(28)17-21(29)8-4-19-6-10-23(33-14-12-27)25(16-19)31-2;;/h3-10,15-16H,11-14,17,26-27H2,1-2H3;1H;/b7-3+,8-4+;;. The first-order chi connectivity index (χ1) is 16.0. The van der Waals surface area contributed by atoms with Crippen molar-refractivity contribution in [2.24, 2.45) is 11.5 Å². The Hall–Kier alpha value is -2.71. The first-order valence-electron chi connectivity index (χ1n) is 10.4. The van der Waals surface area contributed by atoms with Gasteiger partial charge >= 0.3 is 0 Å². The molecule has 0 spiro atoms. The van der Waals surface area contributed by atoms with E-state index in [1.54, 1.807) is 48.6 Å². The zero-order valence-electron chi connectivity index (χ0n) is 20.0. The van der Waals surface area contributed by atoms with Crippen molar-refractivity contribution in [2.45, 2.75) is 6.42 Å². The molecule has 0 saturated carbocycles. The van der Waals surface area contributed by atoms with Crippen molar-refractivity contribution in [3.05, 3.63) is 59.7 Å². The van der Waals surface area contributed by atoms with E-state index in [0.717, 1.165) is 11.1 Å². The molecule has 0 saturated heterocycles. The Morgan fingerprint density at radius 1 is 0.743 bits per heavy atom. The Bertz CT molecular complexity index is 934. The maximum atomic E-state index is 12.2. The third kappa shape index (κ3) is 11.1. The summed E-state index contributed by atoms with van der Waals surface area (Å²) in [4.78, 5) is 24.4. The van der Waals surface area contributed by atoms with E-state index in [-0.39, 0.29) is 49.9 Å². The number of rotatable bonds is 14. The summed E-state index contributed by atoms with van der Waals surface area (Å²) in [5.74, 6) is 1.59. The fourth-order valence-corrected chi connectivity index (χ4v) is 2.82. The smallest absolute Gasteiger partial charge is 0.163 e. The maximum Gasteiger partial charge on any atom is 0.163 e. The van der Waals surface area contributed by atoms with E-state index < -0.39 is 0 Å². The number of ketones is 2. The molecule has 0 aromatic heterocycles. The van der Waals surface area contributed by atoms with E-state index >= 15 is 0 Å². The van der Waals surface area contributed by atoms with E-state index in [4.69, 9.17) is 30.4 Å². The second kappa shape index (κ2) is 17.7. The molecule has 2 aromatic carbocycles. The third-order valence-electron chi connectivity index (χ3n) is 4.40. The van der Waals surface area contributed by atoms with Crippen LogP contribution in [0.5, 0.6) is 23.0 Å². The van der Waals surface area contributed by atoms with Crippen LogP contribution in [-0.4, -0.2) is 52.1 Å². The molecule has 0 aliphatic heterocycles. The summed E-state index contributed by atoms with van der Waals surface area (Å²) >= 11 is 0. The van der Waals surface area contributed by atoms with Gasteiger partial charge in [-0.15, -0.1) is 12.4 Å². The second-order valence-corrected chi connectivity index (χ2v) is 6.87. The normalized spacial score (nSPS) is 10.4. The van der Waals surface area contributed by atoms with Crippen LogP contribution in [0.3, 0.4) is 0 Å². The summed E-state index contributed by atoms with van der Waals surface area (Å²) < 4.78 is 21.6. The molecule has 0 bridgehead atoms. The molecule has 0 atom stereocenters. The van der Waals surface area contributed by atoms with Gasteiger partial charge in [-0.25, -0.2) is 0 Å². The average molecular weight is 556 g/mol. The number of halogens is 1. The van der Waals surface area contributed by atoms with Crippen molar-refractivity contribution in [1.29, 1.82) is 0 Å². The summed E-state index contributed by atoms with van der Waals surface area (Å²) in [5.41, 5.74) is 12.4. The molecule has 35 heavy (non-hydrogen) atoms. The van der Waals surface area contributed by atoms with Gasteiger partial charge < -0.3 is 30.4 Å². The molecule has 10 heteroatoms. The molecule has 0 amide bonds. The predicted molar refractivity (Wildman–Crippen MR) is 135 cm³/mol. The van der Waals surface area contributed by atoms with E-state index in [1.807, 2.05) is 0 Å². The van der Waals surface area contributed by atoms with Gasteiger partial charge in [0.05, 0.1) is 20.6 Å². The number of methoxy groups -OCH3 is 2. The number of nitrogens with two attached hydrogens (primary N) is 2. The Kier molecular flexibility index (Phi) is 16.3. The zero-order chi connectivity index (χ0) is 24.1. The van der Waals surface area contributed by atoms with Gasteiger partial charge in [0.1, 0.15) is 13.2 Å². The largest absolute Gasteiger partial charge is 0.493 e. The fraction of sp³-hybridized carbons (Fsp3) is 0.280. The molecule has 0 aliphatic rings. The first-order valence-corrected chi connectivity index (χ1v) is 10.4. The zero-order valence-corrected chi connectivity index (χ0v) is 23.8. The molecule has 0 heterocycles. The molecule has 0 radical (unpaired) electrons. The van der Waals surface area contributed by atoms with Gasteiger partial charge in [-0.2, -0.15) is 0 Å². The number of benzene rings is 2. The van der Waals surface area contributed by atoms with Crippen LogP contribution in [0.4, 0.5) is 0 Å². The molecule has 8 nitrogen and oxygen atoms in total. The van der Waals surface area contributed by atoms with Gasteiger partial charge in [0, 0.05) is 32.6 Å². The summed E-state index contributed by atoms with van der Waals surface area (Å²) in [6.45, 7) is 1.53. The molecular weight excluding hydrogens is 525 g/mol. The molecule has 2 aromatic rings. The molecular formula is C25H31ClN2O6Zn. The monoisotopic (exact) mass is 554 g/mol. The Morgan fingerprint density at radius 3 is 1.49 bits per heavy atom. The molecule has 186 valence electrons. The topological polar surface area (TPSA) is 123 Å². The first kappa shape index (κ1) is 32.3. The average Bonchev–Trinajstić information content (AvgIpc) is 2.83. The maximum absolute atomic E-state index is 12.2. The molecule has 0 fully saturated rings. The minimum absolute atomic E-state index is 0. The third-order valence-corrected chi connectivity index (χ3v) is 4.40. The van der Waals surface area contributed by atoms with Crippen LogP contribution in [-0.2, 0) is 29.1 Å². The molecule has 0 unspecified atom stereocenters. The number of carbonyl (C=O) groups excluding carboxylic acids is 2. The Morgan fingerprint density at radius 2 is 1.14 bits per heavy atom. The van der Waals surface area contributed by atoms with Crippen LogP contribution >= 0.6 is 12.4 Å². The van der Waals surface area contributed by atoms with Crippen molar-refractivity contribution in [3.63, 3.8) is 0 Å². The van der Waals surface area contributed by atoms with Crippen molar-refractivity contribution in [1.82, 2.24) is 0 Å². The number of ether oxygens (including phenoxy) is 4. The summed E-state index contributed by atoms with van der Waals surface area (Å²) in [6.07, 6.45) is 5.75. The quantitative estimate of drug-likeness (QED) is 0.207. The number of hydrogen-bond donors (Lipinski definition) is 2. The van der Waals surface area contributed by atoms with E-state index in [9.17, 15) is 9.59 Å². The molecule has 0 aliphatic carbocycles. The summed E-state index contributed by atoms with van der Waals surface area (Å²) in [6, 6.07) is 10.5. The van der Waals surface area contributed by atoms with Crippen LogP contribution in [0.25, 0.3) is 12.2 Å². The Labute approximate surface area is 224 Å². The van der Waals surface area contributed by atoms with Crippen LogP contribution in [0.15, 0.2) is 48.6 Å². The number of carbonyl (C=O) groups is 2. The van der Waals surface area contributed by atoms with Crippen molar-refractivity contribution in [3.8, 4) is 23.0 Å². The molecule has 2 rings (SSSR count). The fourth-order valence-electron chi connectivity index (χ4n) is 2.82. The van der Waals surface area contributed by atoms with Gasteiger partial charge in [0.15, 0.2) is 34.6 Å². The predicted octanol–water partition coefficient (Wildman–Crippen LogP) is 3.05. The second-order valence-electron chi connectivity index (χ2n) is 6.87. The minimum atomic E-state index is -0.310. The summed E-state index contributed by atoms with van der Waals surface area (Å²) in [7, 11) is 3.06. The number of hydrogen-bond acceptors (Lipinski definition) is 8.